The predicted octanol–water partition coefficient (Wildman–Crippen LogP) is 7.23. The summed E-state index contributed by atoms with van der Waals surface area (Å²) in [6.45, 7) is 2.26. The molecule has 1 heterocycles. The van der Waals surface area contributed by atoms with Crippen molar-refractivity contribution in [2.75, 3.05) is 11.5 Å². The second-order valence-electron chi connectivity index (χ2n) is 7.72. The number of hydrogen-bond acceptors (Lipinski definition) is 5. The quantitative estimate of drug-likeness (QED) is 0.234. The van der Waals surface area contributed by atoms with Gasteiger partial charge in [-0.3, -0.25) is 0 Å². The number of nitrogens with zero attached hydrogens (tertiary/aromatic N) is 1. The fourth-order valence-corrected chi connectivity index (χ4v) is 6.65. The van der Waals surface area contributed by atoms with Gasteiger partial charge in [-0.2, -0.15) is 5.26 Å². The van der Waals surface area contributed by atoms with E-state index >= 15 is 0 Å². The minimum absolute atomic E-state index is 0.377. The van der Waals surface area contributed by atoms with Crippen LogP contribution in [-0.2, 0) is 0 Å². The van der Waals surface area contributed by atoms with Gasteiger partial charge in [-0.15, -0.1) is 23.5 Å². The number of unbranched alkanes of at least 4 members (excludes halogenated alkanes) is 4. The van der Waals surface area contributed by atoms with E-state index in [0.717, 1.165) is 5.92 Å². The highest BCUT2D eigenvalue weighted by Crippen LogP contribution is 2.46. The normalized spacial score (nSPS) is 18.5. The maximum absolute atomic E-state index is 12.4. The Morgan fingerprint density at radius 3 is 2.30 bits per heavy atom. The molecule has 30 heavy (non-hydrogen) atoms. The van der Waals surface area contributed by atoms with Crippen LogP contribution < -0.4 is 4.74 Å². The Balaban J connectivity index is 1.45. The first-order valence-electron chi connectivity index (χ1n) is 10.7. The lowest BCUT2D eigenvalue weighted by atomic mass is 10.0. The Hall–Kier alpha value is -1.90. The summed E-state index contributed by atoms with van der Waals surface area (Å²) in [7, 11) is 0. The molecule has 3 rings (SSSR count). The maximum Gasteiger partial charge on any atom is 0.343 e. The summed E-state index contributed by atoms with van der Waals surface area (Å²) in [5, 5.41) is 8.84. The molecule has 0 bridgehead atoms. The van der Waals surface area contributed by atoms with Crippen LogP contribution in [0.1, 0.15) is 71.5 Å². The van der Waals surface area contributed by atoms with Crippen LogP contribution >= 0.6 is 23.5 Å². The van der Waals surface area contributed by atoms with Crippen molar-refractivity contribution >= 4 is 29.5 Å². The van der Waals surface area contributed by atoms with Crippen LogP contribution in [-0.4, -0.2) is 17.5 Å². The standard InChI is InChI=1S/C25H29NO2S2/c1-2-3-4-5-6-7-20-17-29-25(30-18-20)22-12-10-21(11-13-22)24(27)28-23-14-8-19(16-26)9-15-23/h8-15,20,25H,2-7,17-18H2,1H3. The van der Waals surface area contributed by atoms with Crippen LogP contribution in [0, 0.1) is 17.2 Å². The van der Waals surface area contributed by atoms with Crippen LogP contribution in [0.4, 0.5) is 0 Å². The summed E-state index contributed by atoms with van der Waals surface area (Å²) >= 11 is 4.07. The number of hydrogen-bond donors (Lipinski definition) is 0. The van der Waals surface area contributed by atoms with Gasteiger partial charge in [0.2, 0.25) is 0 Å². The number of rotatable bonds is 9. The third-order valence-corrected chi connectivity index (χ3v) is 8.59. The van der Waals surface area contributed by atoms with Crippen molar-refractivity contribution in [3.63, 3.8) is 0 Å². The summed E-state index contributed by atoms with van der Waals surface area (Å²) in [6.07, 6.45) is 8.16. The minimum atomic E-state index is -0.377. The topological polar surface area (TPSA) is 50.1 Å². The predicted molar refractivity (Wildman–Crippen MR) is 127 cm³/mol. The van der Waals surface area contributed by atoms with Crippen molar-refractivity contribution in [3.8, 4) is 11.8 Å². The second-order valence-corrected chi connectivity index (χ2v) is 10.3. The van der Waals surface area contributed by atoms with E-state index in [1.54, 1.807) is 24.3 Å². The third-order valence-electron chi connectivity index (χ3n) is 5.30. The molecule has 1 saturated heterocycles. The molecule has 0 amide bonds. The Labute approximate surface area is 188 Å². The molecule has 158 valence electrons. The summed E-state index contributed by atoms with van der Waals surface area (Å²) < 4.78 is 5.85. The fourth-order valence-electron chi connectivity index (χ4n) is 3.48. The maximum atomic E-state index is 12.4. The molecule has 0 N–H and O–H groups in total. The molecule has 0 aromatic heterocycles. The van der Waals surface area contributed by atoms with Crippen LogP contribution in [0.25, 0.3) is 0 Å². The molecule has 1 fully saturated rings. The van der Waals surface area contributed by atoms with E-state index in [-0.39, 0.29) is 5.97 Å². The summed E-state index contributed by atoms with van der Waals surface area (Å²) in [5.41, 5.74) is 2.35. The number of nitriles is 1. The highest BCUT2D eigenvalue weighted by Gasteiger charge is 2.23. The zero-order valence-electron chi connectivity index (χ0n) is 17.5. The number of esters is 1. The van der Waals surface area contributed by atoms with E-state index in [4.69, 9.17) is 10.00 Å². The number of carbonyl (C=O) groups is 1. The van der Waals surface area contributed by atoms with Crippen molar-refractivity contribution in [3.05, 3.63) is 65.2 Å². The second kappa shape index (κ2) is 12.1. The highest BCUT2D eigenvalue weighted by atomic mass is 32.2. The average Bonchev–Trinajstić information content (AvgIpc) is 2.80. The summed E-state index contributed by atoms with van der Waals surface area (Å²) in [4.78, 5) is 12.4. The molecule has 0 unspecified atom stereocenters. The average molecular weight is 440 g/mol. The molecule has 1 aliphatic heterocycles. The summed E-state index contributed by atoms with van der Waals surface area (Å²) in [5.74, 6) is 3.36. The number of ether oxygens (including phenoxy) is 1. The number of benzene rings is 2. The molecule has 0 aliphatic carbocycles. The first kappa shape index (κ1) is 22.8. The Kier molecular flexibility index (Phi) is 9.17. The van der Waals surface area contributed by atoms with E-state index in [9.17, 15) is 4.79 Å². The zero-order valence-corrected chi connectivity index (χ0v) is 19.1. The first-order valence-corrected chi connectivity index (χ1v) is 12.8. The van der Waals surface area contributed by atoms with Crippen molar-refractivity contribution in [2.45, 2.75) is 50.0 Å². The van der Waals surface area contributed by atoms with Gasteiger partial charge >= 0.3 is 5.97 Å². The van der Waals surface area contributed by atoms with Crippen molar-refractivity contribution in [1.29, 1.82) is 5.26 Å². The Morgan fingerprint density at radius 2 is 1.67 bits per heavy atom. The molecule has 0 spiro atoms. The number of thioether (sulfide) groups is 2. The molecule has 0 atom stereocenters. The molecule has 3 nitrogen and oxygen atoms in total. The van der Waals surface area contributed by atoms with E-state index in [1.165, 1.54) is 55.6 Å². The monoisotopic (exact) mass is 439 g/mol. The molecular weight excluding hydrogens is 410 g/mol. The van der Waals surface area contributed by atoms with Gasteiger partial charge < -0.3 is 4.74 Å². The lowest BCUT2D eigenvalue weighted by Crippen LogP contribution is -2.14. The highest BCUT2D eigenvalue weighted by molar-refractivity contribution is 8.16. The lowest BCUT2D eigenvalue weighted by Gasteiger charge is -2.28. The first-order chi connectivity index (χ1) is 14.7. The largest absolute Gasteiger partial charge is 0.423 e. The van der Waals surface area contributed by atoms with Gasteiger partial charge in [-0.25, -0.2) is 4.79 Å². The van der Waals surface area contributed by atoms with Gasteiger partial charge in [0.25, 0.3) is 0 Å². The van der Waals surface area contributed by atoms with Crippen LogP contribution in [0.15, 0.2) is 48.5 Å². The van der Waals surface area contributed by atoms with Crippen LogP contribution in [0.3, 0.4) is 0 Å². The molecule has 2 aromatic carbocycles. The Bertz CT molecular complexity index is 835. The fraction of sp³-hybridized carbons (Fsp3) is 0.440. The molecule has 0 saturated carbocycles. The van der Waals surface area contributed by atoms with E-state index in [0.29, 0.717) is 21.5 Å². The van der Waals surface area contributed by atoms with Crippen LogP contribution in [0.2, 0.25) is 0 Å². The molecule has 0 radical (unpaired) electrons. The van der Waals surface area contributed by atoms with Gasteiger partial charge in [0.1, 0.15) is 5.75 Å². The van der Waals surface area contributed by atoms with Crippen molar-refractivity contribution in [2.24, 2.45) is 5.92 Å². The van der Waals surface area contributed by atoms with Gasteiger partial charge in [-0.05, 0) is 65.8 Å². The van der Waals surface area contributed by atoms with E-state index in [2.05, 4.69) is 13.0 Å². The van der Waals surface area contributed by atoms with Gasteiger partial charge in [0, 0.05) is 0 Å². The zero-order chi connectivity index (χ0) is 21.2. The number of carbonyl (C=O) groups excluding carboxylic acids is 1. The molecule has 2 aromatic rings. The summed E-state index contributed by atoms with van der Waals surface area (Å²) in [6, 6.07) is 16.4. The van der Waals surface area contributed by atoms with Gasteiger partial charge in [-0.1, -0.05) is 51.2 Å². The SMILES string of the molecule is CCCCCCCC1CSC(c2ccc(C(=O)Oc3ccc(C#N)cc3)cc2)SC1. The van der Waals surface area contributed by atoms with Gasteiger partial charge in [0.15, 0.2) is 0 Å². The smallest absolute Gasteiger partial charge is 0.343 e. The lowest BCUT2D eigenvalue weighted by molar-refractivity contribution is 0.0734. The molecule has 5 heteroatoms. The van der Waals surface area contributed by atoms with Gasteiger partial charge in [0.05, 0.1) is 21.8 Å². The van der Waals surface area contributed by atoms with Crippen LogP contribution in [0.5, 0.6) is 5.75 Å². The van der Waals surface area contributed by atoms with E-state index < -0.39 is 0 Å². The van der Waals surface area contributed by atoms with E-state index in [1.807, 2.05) is 47.8 Å². The Morgan fingerprint density at radius 1 is 1.00 bits per heavy atom. The van der Waals surface area contributed by atoms with Crippen molar-refractivity contribution < 1.29 is 9.53 Å². The molecular formula is C25H29NO2S2. The van der Waals surface area contributed by atoms with Crippen molar-refractivity contribution in [1.82, 2.24) is 0 Å². The molecule has 1 aliphatic rings. The third kappa shape index (κ3) is 6.82. The minimum Gasteiger partial charge on any atom is -0.423 e.